The van der Waals surface area contributed by atoms with Gasteiger partial charge in [0.05, 0.1) is 0 Å². The average Bonchev–Trinajstić information content (AvgIpc) is 2.67. The van der Waals surface area contributed by atoms with Gasteiger partial charge < -0.3 is 15.0 Å². The first kappa shape index (κ1) is 21.5. The van der Waals surface area contributed by atoms with Crippen LogP contribution in [-0.2, 0) is 16.1 Å². The number of carbonyl (C=O) groups is 2. The Labute approximate surface area is 167 Å². The van der Waals surface area contributed by atoms with Crippen LogP contribution in [0, 0.1) is 20.8 Å². The third-order valence-corrected chi connectivity index (χ3v) is 4.69. The smallest absolute Gasteiger partial charge is 0.261 e. The van der Waals surface area contributed by atoms with Crippen molar-refractivity contribution in [1.82, 2.24) is 10.2 Å². The minimum Gasteiger partial charge on any atom is -0.483 e. The van der Waals surface area contributed by atoms with Crippen LogP contribution in [-0.4, -0.2) is 35.9 Å². The number of rotatable bonds is 8. The molecule has 150 valence electrons. The van der Waals surface area contributed by atoms with E-state index in [-0.39, 0.29) is 18.4 Å². The van der Waals surface area contributed by atoms with Gasteiger partial charge in [-0.2, -0.15) is 0 Å². The Balaban J connectivity index is 2.16. The molecule has 5 nitrogen and oxygen atoms in total. The molecule has 2 aromatic carbocycles. The van der Waals surface area contributed by atoms with Crippen molar-refractivity contribution in [3.8, 4) is 5.75 Å². The summed E-state index contributed by atoms with van der Waals surface area (Å²) in [5.74, 6) is 0.296. The van der Waals surface area contributed by atoms with Crippen LogP contribution < -0.4 is 10.1 Å². The van der Waals surface area contributed by atoms with Gasteiger partial charge in [0.1, 0.15) is 11.8 Å². The quantitative estimate of drug-likeness (QED) is 0.760. The summed E-state index contributed by atoms with van der Waals surface area (Å²) < 4.78 is 5.78. The van der Waals surface area contributed by atoms with E-state index in [0.29, 0.717) is 18.8 Å². The first-order valence-electron chi connectivity index (χ1n) is 9.64. The molecule has 0 saturated carbocycles. The maximum atomic E-state index is 13.0. The third kappa shape index (κ3) is 5.84. The van der Waals surface area contributed by atoms with Crippen LogP contribution in [0.3, 0.4) is 0 Å². The van der Waals surface area contributed by atoms with Crippen molar-refractivity contribution in [2.75, 3.05) is 13.2 Å². The van der Waals surface area contributed by atoms with E-state index in [2.05, 4.69) is 5.32 Å². The Morgan fingerprint density at radius 3 is 2.32 bits per heavy atom. The van der Waals surface area contributed by atoms with Crippen LogP contribution in [0.25, 0.3) is 0 Å². The number of aryl methyl sites for hydroxylation is 3. The lowest BCUT2D eigenvalue weighted by atomic mass is 10.1. The highest BCUT2D eigenvalue weighted by Gasteiger charge is 2.26. The number of hydrogen-bond donors (Lipinski definition) is 1. The van der Waals surface area contributed by atoms with Gasteiger partial charge in [0.25, 0.3) is 5.91 Å². The van der Waals surface area contributed by atoms with Gasteiger partial charge >= 0.3 is 0 Å². The van der Waals surface area contributed by atoms with Crippen LogP contribution in [0.15, 0.2) is 42.5 Å². The molecule has 2 rings (SSSR count). The van der Waals surface area contributed by atoms with Crippen LogP contribution in [0.5, 0.6) is 5.75 Å². The zero-order chi connectivity index (χ0) is 20.7. The molecule has 0 saturated heterocycles. The summed E-state index contributed by atoms with van der Waals surface area (Å²) in [5.41, 5.74) is 4.17. The highest BCUT2D eigenvalue weighted by atomic mass is 16.5. The van der Waals surface area contributed by atoms with Crippen molar-refractivity contribution in [1.29, 1.82) is 0 Å². The number of nitrogens with one attached hydrogen (secondary N) is 1. The lowest BCUT2D eigenvalue weighted by Gasteiger charge is -2.28. The van der Waals surface area contributed by atoms with Crippen molar-refractivity contribution >= 4 is 11.8 Å². The molecule has 0 aliphatic rings. The van der Waals surface area contributed by atoms with E-state index in [4.69, 9.17) is 4.74 Å². The number of carbonyl (C=O) groups excluding carboxylic acids is 2. The van der Waals surface area contributed by atoms with Gasteiger partial charge in [-0.05, 0) is 57.4 Å². The zero-order valence-electron chi connectivity index (χ0n) is 17.4. The average molecular weight is 383 g/mol. The predicted molar refractivity (Wildman–Crippen MR) is 111 cm³/mol. The molecular formula is C23H30N2O3. The SMILES string of the molecule is CCNC(=O)[C@@H](C)N(Cc1ccc(C)cc1)C(=O)COc1cc(C)ccc1C. The van der Waals surface area contributed by atoms with Gasteiger partial charge in [0, 0.05) is 13.1 Å². The number of nitrogens with zero attached hydrogens (tertiary/aromatic N) is 1. The van der Waals surface area contributed by atoms with E-state index < -0.39 is 6.04 Å². The highest BCUT2D eigenvalue weighted by molar-refractivity contribution is 5.87. The Morgan fingerprint density at radius 2 is 1.68 bits per heavy atom. The summed E-state index contributed by atoms with van der Waals surface area (Å²) in [6.45, 7) is 10.3. The van der Waals surface area contributed by atoms with Gasteiger partial charge in [0.15, 0.2) is 6.61 Å². The fourth-order valence-electron chi connectivity index (χ4n) is 2.88. The van der Waals surface area contributed by atoms with Crippen molar-refractivity contribution in [3.05, 3.63) is 64.7 Å². The summed E-state index contributed by atoms with van der Waals surface area (Å²) in [6, 6.07) is 13.3. The lowest BCUT2D eigenvalue weighted by molar-refractivity contribution is -0.142. The molecule has 5 heteroatoms. The molecular weight excluding hydrogens is 352 g/mol. The summed E-state index contributed by atoms with van der Waals surface area (Å²) in [6.07, 6.45) is 0. The van der Waals surface area contributed by atoms with E-state index in [0.717, 1.165) is 22.3 Å². The molecule has 28 heavy (non-hydrogen) atoms. The summed E-state index contributed by atoms with van der Waals surface area (Å²) in [7, 11) is 0. The fraction of sp³-hybridized carbons (Fsp3) is 0.391. The van der Waals surface area contributed by atoms with Crippen molar-refractivity contribution in [2.24, 2.45) is 0 Å². The summed E-state index contributed by atoms with van der Waals surface area (Å²) in [5, 5.41) is 2.79. The highest BCUT2D eigenvalue weighted by Crippen LogP contribution is 2.19. The zero-order valence-corrected chi connectivity index (χ0v) is 17.4. The summed E-state index contributed by atoms with van der Waals surface area (Å²) >= 11 is 0. The number of hydrogen-bond acceptors (Lipinski definition) is 3. The Kier molecular flexibility index (Phi) is 7.61. The third-order valence-electron chi connectivity index (χ3n) is 4.69. The number of ether oxygens (including phenoxy) is 1. The molecule has 0 fully saturated rings. The Bertz CT molecular complexity index is 815. The van der Waals surface area contributed by atoms with E-state index in [1.165, 1.54) is 0 Å². The molecule has 0 unspecified atom stereocenters. The molecule has 0 spiro atoms. The van der Waals surface area contributed by atoms with Gasteiger partial charge in [-0.15, -0.1) is 0 Å². The van der Waals surface area contributed by atoms with Gasteiger partial charge in [-0.1, -0.05) is 42.0 Å². The molecule has 0 aliphatic carbocycles. The minimum atomic E-state index is -0.587. The van der Waals surface area contributed by atoms with E-state index in [9.17, 15) is 9.59 Å². The maximum Gasteiger partial charge on any atom is 0.261 e. The second-order valence-electron chi connectivity index (χ2n) is 7.14. The predicted octanol–water partition coefficient (Wildman–Crippen LogP) is 3.54. The first-order valence-corrected chi connectivity index (χ1v) is 9.64. The van der Waals surface area contributed by atoms with Crippen molar-refractivity contribution in [3.63, 3.8) is 0 Å². The molecule has 0 aromatic heterocycles. The van der Waals surface area contributed by atoms with Crippen LogP contribution in [0.2, 0.25) is 0 Å². The second-order valence-corrected chi connectivity index (χ2v) is 7.14. The summed E-state index contributed by atoms with van der Waals surface area (Å²) in [4.78, 5) is 26.9. The maximum absolute atomic E-state index is 13.0. The van der Waals surface area contributed by atoms with Crippen molar-refractivity contribution in [2.45, 2.75) is 47.2 Å². The normalized spacial score (nSPS) is 11.6. The Hall–Kier alpha value is -2.82. The van der Waals surface area contributed by atoms with Crippen LogP contribution >= 0.6 is 0 Å². The molecule has 2 aromatic rings. The van der Waals surface area contributed by atoms with E-state index in [1.807, 2.05) is 70.2 Å². The lowest BCUT2D eigenvalue weighted by Crippen LogP contribution is -2.49. The number of likely N-dealkylation sites (N-methyl/N-ethyl adjacent to an activating group) is 1. The van der Waals surface area contributed by atoms with Gasteiger partial charge in [0.2, 0.25) is 5.91 Å². The van der Waals surface area contributed by atoms with Gasteiger partial charge in [-0.25, -0.2) is 0 Å². The van der Waals surface area contributed by atoms with Gasteiger partial charge in [-0.3, -0.25) is 9.59 Å². The Morgan fingerprint density at radius 1 is 1.04 bits per heavy atom. The largest absolute Gasteiger partial charge is 0.483 e. The topological polar surface area (TPSA) is 58.6 Å². The second kappa shape index (κ2) is 9.93. The van der Waals surface area contributed by atoms with Crippen LogP contribution in [0.1, 0.15) is 36.1 Å². The molecule has 0 bridgehead atoms. The molecule has 0 heterocycles. The molecule has 2 amide bonds. The number of amides is 2. The van der Waals surface area contributed by atoms with Crippen LogP contribution in [0.4, 0.5) is 0 Å². The first-order chi connectivity index (χ1) is 13.3. The number of benzene rings is 2. The minimum absolute atomic E-state index is 0.111. The van der Waals surface area contributed by atoms with E-state index >= 15 is 0 Å². The molecule has 0 aliphatic heterocycles. The molecule has 1 N–H and O–H groups in total. The standard InChI is InChI=1S/C23H30N2O3/c1-6-24-23(27)19(5)25(14-20-11-8-16(2)9-12-20)22(26)15-28-21-13-17(3)7-10-18(21)4/h7-13,19H,6,14-15H2,1-5H3,(H,24,27)/t19-/m1/s1. The molecule has 1 atom stereocenters. The molecule has 0 radical (unpaired) electrons. The monoisotopic (exact) mass is 382 g/mol. The van der Waals surface area contributed by atoms with E-state index in [1.54, 1.807) is 11.8 Å². The van der Waals surface area contributed by atoms with Crippen molar-refractivity contribution < 1.29 is 14.3 Å². The fourth-order valence-corrected chi connectivity index (χ4v) is 2.88.